The summed E-state index contributed by atoms with van der Waals surface area (Å²) in [5.41, 5.74) is 3.88. The summed E-state index contributed by atoms with van der Waals surface area (Å²) in [4.78, 5) is 28.4. The molecule has 1 N–H and O–H groups in total. The smallest absolute Gasteiger partial charge is 0.280 e. The van der Waals surface area contributed by atoms with Gasteiger partial charge in [-0.05, 0) is 62.7 Å². The van der Waals surface area contributed by atoms with Gasteiger partial charge in [0.15, 0.2) is 5.78 Å². The van der Waals surface area contributed by atoms with Crippen molar-refractivity contribution in [1.82, 2.24) is 9.78 Å². The zero-order chi connectivity index (χ0) is 18.8. The van der Waals surface area contributed by atoms with Crippen LogP contribution in [0.3, 0.4) is 0 Å². The third kappa shape index (κ3) is 3.53. The quantitative estimate of drug-likeness (QED) is 0.549. The summed E-state index contributed by atoms with van der Waals surface area (Å²) in [7, 11) is 0. The van der Waals surface area contributed by atoms with Crippen LogP contribution in [0.4, 0.5) is 5.69 Å². The van der Waals surface area contributed by atoms with Crippen LogP contribution in [-0.4, -0.2) is 21.8 Å². The van der Waals surface area contributed by atoms with Gasteiger partial charge in [0.25, 0.3) is 5.56 Å². The maximum Gasteiger partial charge on any atom is 0.280 e. The molecule has 0 radical (unpaired) electrons. The average molecular weight is 368 g/mol. The highest BCUT2D eigenvalue weighted by Gasteiger charge is 2.11. The fraction of sp³-hybridized carbons (Fsp3) is 0.150. The molecule has 0 aliphatic rings. The zero-order valence-corrected chi connectivity index (χ0v) is 15.5. The molecular formula is C20H18ClN3O2. The van der Waals surface area contributed by atoms with Crippen LogP contribution in [0.15, 0.2) is 52.3 Å². The first-order chi connectivity index (χ1) is 12.4. The molecule has 0 aliphatic heterocycles. The number of benzene rings is 2. The van der Waals surface area contributed by atoms with Gasteiger partial charge in [0.1, 0.15) is 0 Å². The van der Waals surface area contributed by atoms with Crippen molar-refractivity contribution < 1.29 is 4.79 Å². The van der Waals surface area contributed by atoms with Crippen LogP contribution in [0.25, 0.3) is 5.69 Å². The molecule has 5 nitrogen and oxygen atoms in total. The molecule has 0 amide bonds. The minimum absolute atomic E-state index is 0.00153. The zero-order valence-electron chi connectivity index (χ0n) is 14.7. The lowest BCUT2D eigenvalue weighted by atomic mass is 10.1. The van der Waals surface area contributed by atoms with Gasteiger partial charge < -0.3 is 0 Å². The van der Waals surface area contributed by atoms with Gasteiger partial charge in [-0.25, -0.2) is 4.68 Å². The van der Waals surface area contributed by atoms with Gasteiger partial charge >= 0.3 is 0 Å². The van der Waals surface area contributed by atoms with Crippen molar-refractivity contribution in [2.45, 2.75) is 20.8 Å². The average Bonchev–Trinajstić information content (AvgIpc) is 2.90. The Balaban J connectivity index is 1.94. The number of halogens is 1. The Labute approximate surface area is 155 Å². The molecule has 2 aromatic carbocycles. The van der Waals surface area contributed by atoms with Crippen molar-refractivity contribution in [3.63, 3.8) is 0 Å². The molecule has 1 heterocycles. The summed E-state index contributed by atoms with van der Waals surface area (Å²) in [6.45, 7) is 5.24. The minimum Gasteiger partial charge on any atom is -0.295 e. The minimum atomic E-state index is -0.202. The van der Waals surface area contributed by atoms with E-state index in [4.69, 9.17) is 11.6 Å². The number of carbonyl (C=O) groups excluding carboxylic acids is 1. The second-order valence-electron chi connectivity index (χ2n) is 6.09. The Hall–Kier alpha value is -2.92. The second kappa shape index (κ2) is 7.14. The molecular weight excluding hydrogens is 350 g/mol. The fourth-order valence-corrected chi connectivity index (χ4v) is 2.71. The number of aliphatic imine (C=N–C) groups is 1. The number of Topliss-reactive ketones (excluding diaryl/α,β-unsaturated/α-hetero) is 1. The maximum atomic E-state index is 12.7. The van der Waals surface area contributed by atoms with E-state index in [9.17, 15) is 9.59 Å². The Morgan fingerprint density at radius 2 is 1.85 bits per heavy atom. The Bertz CT molecular complexity index is 1060. The molecule has 0 unspecified atom stereocenters. The molecule has 3 aromatic rings. The number of aromatic amines is 1. The first kappa shape index (κ1) is 17.9. The summed E-state index contributed by atoms with van der Waals surface area (Å²) in [5, 5.41) is 3.65. The SMILES string of the molecule is CC(=O)c1ccc(N=Cc2c(C)[nH]n(-c3ccc(C)c(Cl)c3)c2=O)cc1. The van der Waals surface area contributed by atoms with Crippen molar-refractivity contribution in [2.24, 2.45) is 4.99 Å². The molecule has 6 heteroatoms. The Morgan fingerprint density at radius 1 is 1.15 bits per heavy atom. The van der Waals surface area contributed by atoms with E-state index in [1.54, 1.807) is 30.3 Å². The number of H-pyrrole nitrogens is 1. The van der Waals surface area contributed by atoms with Crippen LogP contribution >= 0.6 is 11.6 Å². The summed E-state index contributed by atoms with van der Waals surface area (Å²) in [5.74, 6) is 0.00153. The van der Waals surface area contributed by atoms with E-state index in [1.807, 2.05) is 26.0 Å². The summed E-state index contributed by atoms with van der Waals surface area (Å²) >= 11 is 6.16. The number of rotatable bonds is 4. The molecule has 0 aliphatic carbocycles. The van der Waals surface area contributed by atoms with E-state index >= 15 is 0 Å². The first-order valence-electron chi connectivity index (χ1n) is 8.10. The Morgan fingerprint density at radius 3 is 2.46 bits per heavy atom. The molecule has 0 atom stereocenters. The number of ketones is 1. The molecule has 0 bridgehead atoms. The monoisotopic (exact) mass is 367 g/mol. The summed E-state index contributed by atoms with van der Waals surface area (Å²) < 4.78 is 1.45. The van der Waals surface area contributed by atoms with Crippen LogP contribution in [0.5, 0.6) is 0 Å². The highest BCUT2D eigenvalue weighted by Crippen LogP contribution is 2.19. The van der Waals surface area contributed by atoms with Crippen molar-refractivity contribution in [3.8, 4) is 5.69 Å². The summed E-state index contributed by atoms with van der Waals surface area (Å²) in [6.07, 6.45) is 1.53. The standard InChI is InChI=1S/C20H18ClN3O2/c1-12-4-9-17(10-19(12)21)24-20(26)18(13(2)23-24)11-22-16-7-5-15(6-8-16)14(3)25/h4-11,23H,1-3H3. The van der Waals surface area contributed by atoms with Crippen LogP contribution in [0.1, 0.15) is 34.1 Å². The molecule has 1 aromatic heterocycles. The van der Waals surface area contributed by atoms with Gasteiger partial charge in [-0.15, -0.1) is 0 Å². The molecule has 3 rings (SSSR count). The highest BCUT2D eigenvalue weighted by molar-refractivity contribution is 6.31. The molecule has 26 heavy (non-hydrogen) atoms. The topological polar surface area (TPSA) is 67.2 Å². The van der Waals surface area contributed by atoms with Crippen LogP contribution in [0.2, 0.25) is 5.02 Å². The van der Waals surface area contributed by atoms with Gasteiger partial charge in [-0.3, -0.25) is 19.7 Å². The van der Waals surface area contributed by atoms with Crippen molar-refractivity contribution >= 4 is 29.3 Å². The van der Waals surface area contributed by atoms with Gasteiger partial charge in [0.2, 0.25) is 0 Å². The van der Waals surface area contributed by atoms with Crippen molar-refractivity contribution in [2.75, 3.05) is 0 Å². The number of aryl methyl sites for hydroxylation is 2. The highest BCUT2D eigenvalue weighted by atomic mass is 35.5. The number of nitrogens with one attached hydrogen (secondary N) is 1. The fourth-order valence-electron chi connectivity index (χ4n) is 2.54. The van der Waals surface area contributed by atoms with E-state index in [-0.39, 0.29) is 11.3 Å². The van der Waals surface area contributed by atoms with Gasteiger partial charge in [0.05, 0.1) is 16.9 Å². The van der Waals surface area contributed by atoms with Gasteiger partial charge in [0, 0.05) is 22.5 Å². The predicted octanol–water partition coefficient (Wildman–Crippen LogP) is 4.39. The second-order valence-corrected chi connectivity index (χ2v) is 6.49. The number of aromatic nitrogens is 2. The van der Waals surface area contributed by atoms with E-state index in [0.717, 1.165) is 5.56 Å². The lowest BCUT2D eigenvalue weighted by Gasteiger charge is -2.04. The Kier molecular flexibility index (Phi) is 4.91. The molecule has 0 saturated carbocycles. The molecule has 0 saturated heterocycles. The lowest BCUT2D eigenvalue weighted by molar-refractivity contribution is 0.101. The molecule has 132 valence electrons. The van der Waals surface area contributed by atoms with E-state index < -0.39 is 0 Å². The van der Waals surface area contributed by atoms with Gasteiger partial charge in [-0.2, -0.15) is 0 Å². The predicted molar refractivity (Wildman–Crippen MR) is 105 cm³/mol. The summed E-state index contributed by atoms with van der Waals surface area (Å²) in [6, 6.07) is 12.4. The molecule has 0 spiro atoms. The number of hydrogen-bond donors (Lipinski definition) is 1. The number of nitrogens with zero attached hydrogens (tertiary/aromatic N) is 2. The lowest BCUT2D eigenvalue weighted by Crippen LogP contribution is -2.17. The first-order valence-corrected chi connectivity index (χ1v) is 8.48. The largest absolute Gasteiger partial charge is 0.295 e. The van der Waals surface area contributed by atoms with Crippen LogP contribution < -0.4 is 5.56 Å². The normalized spacial score (nSPS) is 11.2. The van der Waals surface area contributed by atoms with Crippen molar-refractivity contribution in [3.05, 3.63) is 80.2 Å². The van der Waals surface area contributed by atoms with Gasteiger partial charge in [-0.1, -0.05) is 17.7 Å². The molecule has 0 fully saturated rings. The van der Waals surface area contributed by atoms with E-state index in [2.05, 4.69) is 10.1 Å². The number of hydrogen-bond acceptors (Lipinski definition) is 3. The number of carbonyl (C=O) groups is 1. The maximum absolute atomic E-state index is 12.7. The van der Waals surface area contributed by atoms with Crippen molar-refractivity contribution in [1.29, 1.82) is 0 Å². The van der Waals surface area contributed by atoms with E-state index in [1.165, 1.54) is 17.8 Å². The third-order valence-electron chi connectivity index (χ3n) is 4.15. The van der Waals surface area contributed by atoms with Crippen LogP contribution in [-0.2, 0) is 0 Å². The van der Waals surface area contributed by atoms with Crippen LogP contribution in [0, 0.1) is 13.8 Å². The van der Waals surface area contributed by atoms with E-state index in [0.29, 0.717) is 33.2 Å². The third-order valence-corrected chi connectivity index (χ3v) is 4.55.